The second-order valence-corrected chi connectivity index (χ2v) is 7.14. The van der Waals surface area contributed by atoms with Gasteiger partial charge in [-0.3, -0.25) is 4.79 Å². The topological polar surface area (TPSA) is 110 Å². The average Bonchev–Trinajstić information content (AvgIpc) is 2.76. The molecular weight excluding hydrogens is 328 g/mol. The summed E-state index contributed by atoms with van der Waals surface area (Å²) in [5, 5.41) is 21.9. The minimum absolute atomic E-state index is 0.0182. The number of allylic oxidation sites excluding steroid dienone is 1. The third-order valence-electron chi connectivity index (χ3n) is 5.55. The van der Waals surface area contributed by atoms with E-state index in [-0.39, 0.29) is 42.6 Å². The van der Waals surface area contributed by atoms with Crippen molar-refractivity contribution in [3.8, 4) is 0 Å². The number of hydrogen-bond acceptors (Lipinski definition) is 7. The highest BCUT2D eigenvalue weighted by Gasteiger charge is 2.64. The van der Waals surface area contributed by atoms with E-state index in [2.05, 4.69) is 0 Å². The Labute approximate surface area is 145 Å². The Balaban J connectivity index is 2.08. The van der Waals surface area contributed by atoms with Crippen LogP contribution in [0.3, 0.4) is 0 Å². The highest BCUT2D eigenvalue weighted by atomic mass is 16.7. The fourth-order valence-corrected chi connectivity index (χ4v) is 4.02. The Hall–Kier alpha value is -1.99. The number of aliphatic hydroxyl groups is 2. The summed E-state index contributed by atoms with van der Waals surface area (Å²) in [5.74, 6) is -4.12. The Morgan fingerprint density at radius 1 is 1.36 bits per heavy atom. The van der Waals surface area contributed by atoms with E-state index < -0.39 is 35.3 Å². The fraction of sp³-hybridized carbons (Fsp3) is 0.611. The van der Waals surface area contributed by atoms with Gasteiger partial charge < -0.3 is 19.7 Å². The molecule has 0 aromatic rings. The number of esters is 2. The van der Waals surface area contributed by atoms with Crippen molar-refractivity contribution in [3.05, 3.63) is 22.8 Å². The molecule has 7 heteroatoms. The van der Waals surface area contributed by atoms with Gasteiger partial charge in [0, 0.05) is 36.3 Å². The average molecular weight is 350 g/mol. The first-order valence-electron chi connectivity index (χ1n) is 8.36. The maximum absolute atomic E-state index is 12.3. The van der Waals surface area contributed by atoms with Gasteiger partial charge in [-0.25, -0.2) is 9.59 Å². The summed E-state index contributed by atoms with van der Waals surface area (Å²) in [7, 11) is 0. The molecule has 0 radical (unpaired) electrons. The molecule has 25 heavy (non-hydrogen) atoms. The number of ketones is 1. The van der Waals surface area contributed by atoms with Crippen molar-refractivity contribution in [3.63, 3.8) is 0 Å². The molecule has 1 heterocycles. The van der Waals surface area contributed by atoms with Gasteiger partial charge in [-0.2, -0.15) is 0 Å². The molecule has 7 nitrogen and oxygen atoms in total. The number of hydrogen-bond donors (Lipinski definition) is 2. The molecular formula is C18H22O7. The predicted molar refractivity (Wildman–Crippen MR) is 85.0 cm³/mol. The number of carbonyl (C=O) groups excluding carboxylic acids is 3. The van der Waals surface area contributed by atoms with Crippen LogP contribution in [0.5, 0.6) is 0 Å². The van der Waals surface area contributed by atoms with Crippen molar-refractivity contribution in [1.29, 1.82) is 0 Å². The third-order valence-corrected chi connectivity index (χ3v) is 5.55. The molecule has 2 N–H and O–H groups in total. The summed E-state index contributed by atoms with van der Waals surface area (Å²) in [6, 6.07) is 0. The van der Waals surface area contributed by atoms with E-state index in [0.29, 0.717) is 5.57 Å². The second kappa shape index (κ2) is 5.78. The van der Waals surface area contributed by atoms with Crippen molar-refractivity contribution in [2.45, 2.75) is 63.9 Å². The molecule has 3 aliphatic rings. The lowest BCUT2D eigenvalue weighted by Gasteiger charge is -2.51. The van der Waals surface area contributed by atoms with Crippen LogP contribution in [0.25, 0.3) is 0 Å². The van der Waals surface area contributed by atoms with Crippen molar-refractivity contribution in [1.82, 2.24) is 0 Å². The molecule has 2 fully saturated rings. The van der Waals surface area contributed by atoms with Gasteiger partial charge in [0.25, 0.3) is 0 Å². The second-order valence-electron chi connectivity index (χ2n) is 7.14. The minimum atomic E-state index is -2.01. The summed E-state index contributed by atoms with van der Waals surface area (Å²) in [6.45, 7) is 4.74. The van der Waals surface area contributed by atoms with E-state index in [1.807, 2.05) is 0 Å². The van der Waals surface area contributed by atoms with Crippen molar-refractivity contribution < 1.29 is 34.1 Å². The molecule has 4 atom stereocenters. The van der Waals surface area contributed by atoms with E-state index in [1.54, 1.807) is 19.9 Å². The quantitative estimate of drug-likeness (QED) is 0.563. The third kappa shape index (κ3) is 2.71. The Morgan fingerprint density at radius 2 is 2.04 bits per heavy atom. The van der Waals surface area contributed by atoms with Gasteiger partial charge in [0.15, 0.2) is 0 Å². The van der Waals surface area contributed by atoms with Crippen molar-refractivity contribution in [2.75, 3.05) is 0 Å². The van der Waals surface area contributed by atoms with Crippen LogP contribution in [0.4, 0.5) is 0 Å². The number of carbonyl (C=O) groups is 3. The lowest BCUT2D eigenvalue weighted by Crippen LogP contribution is -2.61. The smallest absolute Gasteiger partial charge is 0.336 e. The largest absolute Gasteiger partial charge is 0.454 e. The zero-order valence-electron chi connectivity index (χ0n) is 14.5. The highest BCUT2D eigenvalue weighted by Crippen LogP contribution is 2.53. The van der Waals surface area contributed by atoms with Crippen LogP contribution in [-0.4, -0.2) is 45.4 Å². The standard InChI is InChI=1S/C18H22O7/c1-4-9(2)15(20)24-14-12-7-11(19)5-6-17(12,22)8-18(23)13(14)10(3)16(21)25-18/h4,12,14,22-23H,5-8H2,1-3H3. The Morgan fingerprint density at radius 3 is 2.68 bits per heavy atom. The van der Waals surface area contributed by atoms with E-state index in [1.165, 1.54) is 6.92 Å². The van der Waals surface area contributed by atoms with Gasteiger partial charge in [-0.1, -0.05) is 6.08 Å². The van der Waals surface area contributed by atoms with E-state index in [4.69, 9.17) is 9.47 Å². The monoisotopic (exact) mass is 350 g/mol. The SMILES string of the molecule is CC=C(C)C(=O)OC1C2=C(C)C(=O)OC2(O)CC2(O)CCC(=O)CC12. The molecule has 0 aromatic heterocycles. The molecule has 3 rings (SSSR count). The zero-order valence-corrected chi connectivity index (χ0v) is 14.5. The lowest BCUT2D eigenvalue weighted by molar-refractivity contribution is -0.238. The van der Waals surface area contributed by atoms with Crippen LogP contribution in [0.2, 0.25) is 0 Å². The van der Waals surface area contributed by atoms with Crippen LogP contribution in [-0.2, 0) is 23.9 Å². The van der Waals surface area contributed by atoms with Crippen LogP contribution < -0.4 is 0 Å². The first-order chi connectivity index (χ1) is 11.6. The van der Waals surface area contributed by atoms with E-state index in [9.17, 15) is 24.6 Å². The lowest BCUT2D eigenvalue weighted by atomic mass is 9.62. The highest BCUT2D eigenvalue weighted by molar-refractivity contribution is 5.93. The normalized spacial score (nSPS) is 38.2. The molecule has 0 aromatic carbocycles. The minimum Gasteiger partial charge on any atom is -0.454 e. The van der Waals surface area contributed by atoms with Crippen LogP contribution in [0.1, 0.15) is 46.5 Å². The Bertz CT molecular complexity index is 719. The zero-order chi connectivity index (χ0) is 18.6. The van der Waals surface area contributed by atoms with Crippen LogP contribution >= 0.6 is 0 Å². The number of rotatable bonds is 2. The van der Waals surface area contributed by atoms with E-state index in [0.717, 1.165) is 0 Å². The maximum atomic E-state index is 12.3. The fourth-order valence-electron chi connectivity index (χ4n) is 4.02. The van der Waals surface area contributed by atoms with Gasteiger partial charge in [0.2, 0.25) is 5.79 Å². The molecule has 1 aliphatic heterocycles. The number of ether oxygens (including phenoxy) is 2. The van der Waals surface area contributed by atoms with Gasteiger partial charge >= 0.3 is 11.9 Å². The number of fused-ring (bicyclic) bond motifs is 2. The van der Waals surface area contributed by atoms with E-state index >= 15 is 0 Å². The summed E-state index contributed by atoms with van der Waals surface area (Å²) >= 11 is 0. The molecule has 0 bridgehead atoms. The molecule has 4 unspecified atom stereocenters. The summed E-state index contributed by atoms with van der Waals surface area (Å²) < 4.78 is 10.7. The van der Waals surface area contributed by atoms with Crippen LogP contribution in [0.15, 0.2) is 22.8 Å². The molecule has 0 amide bonds. The molecule has 136 valence electrons. The first kappa shape index (κ1) is 17.8. The van der Waals surface area contributed by atoms with Crippen molar-refractivity contribution >= 4 is 17.7 Å². The van der Waals surface area contributed by atoms with Gasteiger partial charge in [-0.05, 0) is 27.2 Å². The molecule has 0 spiro atoms. The molecule has 2 saturated carbocycles. The van der Waals surface area contributed by atoms with Gasteiger partial charge in [0.1, 0.15) is 11.9 Å². The van der Waals surface area contributed by atoms with Gasteiger partial charge in [-0.15, -0.1) is 0 Å². The predicted octanol–water partition coefficient (Wildman–Crippen LogP) is 0.930. The van der Waals surface area contributed by atoms with Gasteiger partial charge in [0.05, 0.1) is 11.2 Å². The summed E-state index contributed by atoms with van der Waals surface area (Å²) in [5.41, 5.74) is -0.813. The summed E-state index contributed by atoms with van der Waals surface area (Å²) in [4.78, 5) is 36.3. The Kier molecular flexibility index (Phi) is 4.12. The van der Waals surface area contributed by atoms with Crippen LogP contribution in [0, 0.1) is 5.92 Å². The maximum Gasteiger partial charge on any atom is 0.336 e. The van der Waals surface area contributed by atoms with Crippen molar-refractivity contribution in [2.24, 2.45) is 5.92 Å². The number of Topliss-reactive ketones (excluding diaryl/α,β-unsaturated/α-hetero) is 1. The summed E-state index contributed by atoms with van der Waals surface area (Å²) in [6.07, 6.45) is 0.565. The molecule has 0 saturated heterocycles. The first-order valence-corrected chi connectivity index (χ1v) is 8.36. The molecule has 2 aliphatic carbocycles.